The Morgan fingerprint density at radius 2 is 2.07 bits per heavy atom. The molecule has 3 aromatic rings. The average Bonchev–Trinajstić information content (AvgIpc) is 3.34. The number of benzene rings is 1. The van der Waals surface area contributed by atoms with E-state index in [4.69, 9.17) is 9.26 Å². The zero-order chi connectivity index (χ0) is 21.7. The molecule has 0 radical (unpaired) electrons. The van der Waals surface area contributed by atoms with Gasteiger partial charge in [0.05, 0.1) is 11.3 Å². The summed E-state index contributed by atoms with van der Waals surface area (Å²) in [6, 6.07) is 8.29. The normalized spacial score (nSPS) is 14.0. The summed E-state index contributed by atoms with van der Waals surface area (Å²) in [6.45, 7) is 8.91. The summed E-state index contributed by atoms with van der Waals surface area (Å²) in [5.74, 6) is 0.428. The first-order valence-electron chi connectivity index (χ1n) is 9.35. The lowest BCUT2D eigenvalue weighted by Crippen LogP contribution is -2.22. The maximum atomic E-state index is 12.9. The molecular weight excluding hydrogens is 392 g/mol. The summed E-state index contributed by atoms with van der Waals surface area (Å²) in [7, 11) is 0. The average molecular weight is 415 g/mol. The van der Waals surface area contributed by atoms with E-state index in [0.717, 1.165) is 11.1 Å². The largest absolute Gasteiger partial charge is 0.473 e. The first kappa shape index (κ1) is 21.3. The highest BCUT2D eigenvalue weighted by molar-refractivity contribution is 5.69. The number of rotatable bonds is 8. The third-order valence-corrected chi connectivity index (χ3v) is 4.31. The summed E-state index contributed by atoms with van der Waals surface area (Å²) in [6.07, 6.45) is 3.92. The van der Waals surface area contributed by atoms with E-state index >= 15 is 0 Å². The maximum Gasteiger partial charge on any atom is 0.394 e. The van der Waals surface area contributed by atoms with Crippen LogP contribution in [-0.2, 0) is 0 Å². The van der Waals surface area contributed by atoms with E-state index in [9.17, 15) is 8.78 Å². The fourth-order valence-electron chi connectivity index (χ4n) is 2.66. The molecule has 0 spiro atoms. The SMILES string of the molecule is C=c1c(OCC(C)n2cccn2)noc1=CC=C(C)c1ccc(OC(C)(F)F)cc1. The van der Waals surface area contributed by atoms with Gasteiger partial charge in [-0.25, -0.2) is 0 Å². The minimum Gasteiger partial charge on any atom is -0.473 e. The van der Waals surface area contributed by atoms with E-state index < -0.39 is 6.11 Å². The van der Waals surface area contributed by atoms with Gasteiger partial charge in [-0.3, -0.25) is 4.68 Å². The summed E-state index contributed by atoms with van der Waals surface area (Å²) in [5, 5.41) is 8.64. The Balaban J connectivity index is 1.68. The highest BCUT2D eigenvalue weighted by Gasteiger charge is 2.22. The van der Waals surface area contributed by atoms with Crippen LogP contribution in [0.1, 0.15) is 32.4 Å². The lowest BCUT2D eigenvalue weighted by atomic mass is 10.1. The predicted molar refractivity (Wildman–Crippen MR) is 110 cm³/mol. The summed E-state index contributed by atoms with van der Waals surface area (Å²) >= 11 is 0. The second kappa shape index (κ2) is 8.94. The fourth-order valence-corrected chi connectivity index (χ4v) is 2.66. The standard InChI is InChI=1S/C22H23F2N3O3/c1-15(18-7-9-19(10-8-18)29-22(4,23)24)6-11-20-17(3)21(26-30-20)28-14-16(2)27-13-5-12-25-27/h5-13,16H,3,14H2,1-2,4H3. The van der Waals surface area contributed by atoms with Crippen molar-refractivity contribution in [2.75, 3.05) is 6.61 Å². The zero-order valence-electron chi connectivity index (χ0n) is 17.0. The fraction of sp³-hybridized carbons (Fsp3) is 0.273. The Kier molecular flexibility index (Phi) is 6.34. The van der Waals surface area contributed by atoms with Crippen LogP contribution in [0.25, 0.3) is 18.2 Å². The Labute approximate surface area is 172 Å². The molecule has 6 nitrogen and oxygen atoms in total. The minimum atomic E-state index is -3.22. The van der Waals surface area contributed by atoms with Gasteiger partial charge >= 0.3 is 6.11 Å². The van der Waals surface area contributed by atoms with Crippen LogP contribution in [0.4, 0.5) is 8.78 Å². The lowest BCUT2D eigenvalue weighted by molar-refractivity contribution is -0.158. The molecule has 1 aromatic carbocycles. The molecule has 2 heterocycles. The smallest absolute Gasteiger partial charge is 0.394 e. The number of hydrogen-bond donors (Lipinski definition) is 0. The van der Waals surface area contributed by atoms with Gasteiger partial charge in [0.15, 0.2) is 5.42 Å². The van der Waals surface area contributed by atoms with Crippen LogP contribution < -0.4 is 20.1 Å². The Hall–Kier alpha value is -3.42. The molecule has 0 bridgehead atoms. The molecule has 0 aliphatic rings. The summed E-state index contributed by atoms with van der Waals surface area (Å²) < 4.78 is 43.2. The number of allylic oxidation sites excluding steroid dienone is 2. The molecule has 0 saturated heterocycles. The highest BCUT2D eigenvalue weighted by atomic mass is 19.3. The van der Waals surface area contributed by atoms with E-state index in [2.05, 4.69) is 21.6 Å². The molecule has 0 aliphatic carbocycles. The molecule has 30 heavy (non-hydrogen) atoms. The van der Waals surface area contributed by atoms with Crippen molar-refractivity contribution in [1.29, 1.82) is 0 Å². The van der Waals surface area contributed by atoms with Crippen molar-refractivity contribution in [3.8, 4) is 11.6 Å². The van der Waals surface area contributed by atoms with Crippen molar-refractivity contribution in [3.05, 3.63) is 65.0 Å². The third kappa shape index (κ3) is 5.56. The van der Waals surface area contributed by atoms with Gasteiger partial charge in [0, 0.05) is 19.3 Å². The lowest BCUT2D eigenvalue weighted by Gasteiger charge is -2.13. The first-order chi connectivity index (χ1) is 14.2. The second-order valence-electron chi connectivity index (χ2n) is 6.93. The van der Waals surface area contributed by atoms with Crippen LogP contribution in [0.15, 0.2) is 53.3 Å². The Morgan fingerprint density at radius 1 is 1.33 bits per heavy atom. The minimum absolute atomic E-state index is 0.0327. The summed E-state index contributed by atoms with van der Waals surface area (Å²) in [4.78, 5) is 0. The van der Waals surface area contributed by atoms with Crippen molar-refractivity contribution in [2.24, 2.45) is 0 Å². The van der Waals surface area contributed by atoms with Gasteiger partial charge in [-0.2, -0.15) is 13.9 Å². The topological polar surface area (TPSA) is 62.3 Å². The van der Waals surface area contributed by atoms with Gasteiger partial charge in [-0.1, -0.05) is 24.8 Å². The molecule has 0 N–H and O–H groups in total. The molecule has 2 aromatic heterocycles. The monoisotopic (exact) mass is 415 g/mol. The Bertz CT molecular complexity index is 1100. The number of aromatic nitrogens is 3. The number of hydrogen-bond acceptors (Lipinski definition) is 5. The molecule has 8 heteroatoms. The van der Waals surface area contributed by atoms with Crippen LogP contribution in [0.3, 0.4) is 0 Å². The van der Waals surface area contributed by atoms with Crippen molar-refractivity contribution < 1.29 is 22.8 Å². The van der Waals surface area contributed by atoms with E-state index in [-0.39, 0.29) is 11.8 Å². The van der Waals surface area contributed by atoms with E-state index in [1.807, 2.05) is 32.2 Å². The van der Waals surface area contributed by atoms with Crippen molar-refractivity contribution in [3.63, 3.8) is 0 Å². The van der Waals surface area contributed by atoms with Crippen LogP contribution in [0.2, 0.25) is 0 Å². The number of ether oxygens (including phenoxy) is 2. The van der Waals surface area contributed by atoms with Gasteiger partial charge in [0.2, 0.25) is 0 Å². The van der Waals surface area contributed by atoms with Gasteiger partial charge in [0.25, 0.3) is 5.88 Å². The number of alkyl halides is 2. The van der Waals surface area contributed by atoms with Crippen LogP contribution in [-0.4, -0.2) is 27.7 Å². The van der Waals surface area contributed by atoms with E-state index in [1.165, 1.54) is 12.1 Å². The van der Waals surface area contributed by atoms with E-state index in [0.29, 0.717) is 30.0 Å². The summed E-state index contributed by atoms with van der Waals surface area (Å²) in [5.41, 5.74) is 2.23. The van der Waals surface area contributed by atoms with Crippen LogP contribution in [0, 0.1) is 0 Å². The number of halogens is 2. The van der Waals surface area contributed by atoms with Crippen LogP contribution in [0.5, 0.6) is 11.6 Å². The van der Waals surface area contributed by atoms with E-state index in [1.54, 1.807) is 29.1 Å². The highest BCUT2D eigenvalue weighted by Crippen LogP contribution is 2.23. The molecule has 1 unspecified atom stereocenters. The maximum absolute atomic E-state index is 12.9. The molecule has 1 atom stereocenters. The second-order valence-corrected chi connectivity index (χ2v) is 6.93. The van der Waals surface area contributed by atoms with Gasteiger partial charge in [0.1, 0.15) is 12.4 Å². The first-order valence-corrected chi connectivity index (χ1v) is 9.35. The van der Waals surface area contributed by atoms with Crippen molar-refractivity contribution in [2.45, 2.75) is 32.9 Å². The molecule has 0 aliphatic heterocycles. The molecule has 0 amide bonds. The quantitative estimate of drug-likeness (QED) is 0.560. The zero-order valence-corrected chi connectivity index (χ0v) is 17.0. The van der Waals surface area contributed by atoms with Crippen molar-refractivity contribution >= 4 is 18.2 Å². The molecule has 0 saturated carbocycles. The third-order valence-electron chi connectivity index (χ3n) is 4.31. The van der Waals surface area contributed by atoms with Gasteiger partial charge < -0.3 is 14.0 Å². The van der Waals surface area contributed by atoms with Crippen molar-refractivity contribution in [1.82, 2.24) is 14.9 Å². The predicted octanol–water partition coefficient (Wildman–Crippen LogP) is 3.80. The molecule has 158 valence electrons. The molecule has 0 fully saturated rings. The molecule has 3 rings (SSSR count). The number of nitrogens with zero attached hydrogens (tertiary/aromatic N) is 3. The van der Waals surface area contributed by atoms with Gasteiger partial charge in [-0.05, 0) is 54.4 Å². The molecular formula is C22H23F2N3O3. The van der Waals surface area contributed by atoms with Crippen LogP contribution >= 0.6 is 0 Å². The van der Waals surface area contributed by atoms with Gasteiger partial charge in [-0.15, -0.1) is 0 Å². The Morgan fingerprint density at radius 3 is 2.70 bits per heavy atom.